The van der Waals surface area contributed by atoms with Gasteiger partial charge in [0.1, 0.15) is 0 Å². The van der Waals surface area contributed by atoms with Crippen LogP contribution in [0.3, 0.4) is 0 Å². The molecule has 0 amide bonds. The number of aromatic amines is 1. The van der Waals surface area contributed by atoms with E-state index in [-0.39, 0.29) is 6.04 Å². The molecule has 1 atom stereocenters. The molecule has 2 heterocycles. The van der Waals surface area contributed by atoms with Gasteiger partial charge in [-0.15, -0.1) is 0 Å². The highest BCUT2D eigenvalue weighted by Gasteiger charge is 2.17. The van der Waals surface area contributed by atoms with E-state index in [2.05, 4.69) is 63.7 Å². The van der Waals surface area contributed by atoms with Crippen LogP contribution in [0, 0.1) is 0 Å². The largest absolute Gasteiger partial charge is 0.361 e. The summed E-state index contributed by atoms with van der Waals surface area (Å²) in [5, 5.41) is 5.30. The van der Waals surface area contributed by atoms with Crippen molar-refractivity contribution in [3.05, 3.63) is 108 Å². The van der Waals surface area contributed by atoms with Gasteiger partial charge < -0.3 is 15.2 Å². The number of hydrogen-bond donors (Lipinski definition) is 2. The summed E-state index contributed by atoms with van der Waals surface area (Å²) in [6.07, 6.45) is 3.24. The lowest BCUT2D eigenvalue weighted by Crippen LogP contribution is -2.13. The van der Waals surface area contributed by atoms with Crippen LogP contribution in [0.25, 0.3) is 22.0 Å². The highest BCUT2D eigenvalue weighted by atomic mass is 16.5. The van der Waals surface area contributed by atoms with Gasteiger partial charge in [-0.05, 0) is 34.7 Å². The Morgan fingerprint density at radius 2 is 1.60 bits per heavy atom. The maximum absolute atomic E-state index is 6.36. The number of rotatable bonds is 6. The minimum atomic E-state index is -0.342. The Morgan fingerprint density at radius 3 is 2.43 bits per heavy atom. The minimum absolute atomic E-state index is 0.342. The average Bonchev–Trinajstić information content (AvgIpc) is 3.42. The van der Waals surface area contributed by atoms with Crippen LogP contribution in [0.2, 0.25) is 0 Å². The molecule has 0 aliphatic rings. The van der Waals surface area contributed by atoms with Gasteiger partial charge in [-0.2, -0.15) is 4.98 Å². The Balaban J connectivity index is 1.27. The lowest BCUT2D eigenvalue weighted by Gasteiger charge is -2.05. The van der Waals surface area contributed by atoms with Crippen LogP contribution in [0.15, 0.2) is 89.6 Å². The van der Waals surface area contributed by atoms with Gasteiger partial charge in [0.15, 0.2) is 5.82 Å². The average molecular weight is 394 g/mol. The molecule has 0 saturated heterocycles. The van der Waals surface area contributed by atoms with Crippen LogP contribution in [-0.4, -0.2) is 15.1 Å². The van der Waals surface area contributed by atoms with Gasteiger partial charge in [-0.1, -0.05) is 78.0 Å². The molecule has 0 fully saturated rings. The van der Waals surface area contributed by atoms with E-state index < -0.39 is 0 Å². The second-order valence-electron chi connectivity index (χ2n) is 7.46. The molecule has 0 aliphatic heterocycles. The summed E-state index contributed by atoms with van der Waals surface area (Å²) >= 11 is 0. The van der Waals surface area contributed by atoms with E-state index >= 15 is 0 Å². The second-order valence-corrected chi connectivity index (χ2v) is 7.46. The maximum Gasteiger partial charge on any atom is 0.243 e. The molecule has 5 aromatic rings. The van der Waals surface area contributed by atoms with Crippen molar-refractivity contribution in [3.8, 4) is 11.1 Å². The molecule has 0 aliphatic carbocycles. The minimum Gasteiger partial charge on any atom is -0.361 e. The summed E-state index contributed by atoms with van der Waals surface area (Å²) < 4.78 is 5.46. The van der Waals surface area contributed by atoms with Gasteiger partial charge in [0.25, 0.3) is 0 Å². The molecule has 0 bridgehead atoms. The lowest BCUT2D eigenvalue weighted by molar-refractivity contribution is 0.351. The Kier molecular flexibility index (Phi) is 4.87. The highest BCUT2D eigenvalue weighted by Crippen LogP contribution is 2.23. The van der Waals surface area contributed by atoms with Crippen LogP contribution in [0.5, 0.6) is 0 Å². The zero-order chi connectivity index (χ0) is 20.3. The van der Waals surface area contributed by atoms with E-state index in [1.165, 1.54) is 16.5 Å². The summed E-state index contributed by atoms with van der Waals surface area (Å²) in [5.41, 5.74) is 12.1. The van der Waals surface area contributed by atoms with Gasteiger partial charge in [-0.25, -0.2) is 0 Å². The third kappa shape index (κ3) is 3.75. The first kappa shape index (κ1) is 18.3. The fourth-order valence-corrected chi connectivity index (χ4v) is 3.74. The van der Waals surface area contributed by atoms with Crippen LogP contribution >= 0.6 is 0 Å². The van der Waals surface area contributed by atoms with Crippen LogP contribution in [0.1, 0.15) is 28.9 Å². The van der Waals surface area contributed by atoms with Crippen molar-refractivity contribution in [2.75, 3.05) is 0 Å². The first-order chi connectivity index (χ1) is 14.8. The number of nitrogens with zero attached hydrogens (tertiary/aromatic N) is 2. The summed E-state index contributed by atoms with van der Waals surface area (Å²) in [4.78, 5) is 7.81. The standard InChI is InChI=1S/C25H22N4O/c26-22(15-20-16-27-23-9-5-4-8-21(20)23)25-28-24(29-30-25)14-17-10-12-19(13-11-17)18-6-2-1-3-7-18/h1-13,16,22,27H,14-15,26H2/t22-/m0/s1. The number of benzene rings is 3. The van der Waals surface area contributed by atoms with Gasteiger partial charge >= 0.3 is 0 Å². The third-order valence-electron chi connectivity index (χ3n) is 5.34. The first-order valence-corrected chi connectivity index (χ1v) is 10.0. The number of H-pyrrole nitrogens is 1. The maximum atomic E-state index is 6.36. The smallest absolute Gasteiger partial charge is 0.243 e. The van der Waals surface area contributed by atoms with Crippen LogP contribution in [-0.2, 0) is 12.8 Å². The van der Waals surface area contributed by atoms with Crippen molar-refractivity contribution in [2.24, 2.45) is 5.73 Å². The lowest BCUT2D eigenvalue weighted by atomic mass is 10.0. The summed E-state index contributed by atoms with van der Waals surface area (Å²) in [6, 6.07) is 26.6. The molecule has 2 aromatic heterocycles. The molecular formula is C25H22N4O. The van der Waals surface area contributed by atoms with Crippen molar-refractivity contribution >= 4 is 10.9 Å². The molecule has 0 unspecified atom stereocenters. The number of aromatic nitrogens is 3. The summed E-state index contributed by atoms with van der Waals surface area (Å²) in [7, 11) is 0. The molecule has 30 heavy (non-hydrogen) atoms. The molecule has 0 spiro atoms. The van der Waals surface area contributed by atoms with E-state index in [0.29, 0.717) is 24.6 Å². The fraction of sp³-hybridized carbons (Fsp3) is 0.120. The fourth-order valence-electron chi connectivity index (χ4n) is 3.74. The quantitative estimate of drug-likeness (QED) is 0.422. The predicted octanol–water partition coefficient (Wildman–Crippen LogP) is 5.05. The van der Waals surface area contributed by atoms with Gasteiger partial charge in [0, 0.05) is 23.5 Å². The molecule has 148 valence electrons. The van der Waals surface area contributed by atoms with E-state index in [1.807, 2.05) is 36.5 Å². The monoisotopic (exact) mass is 394 g/mol. The van der Waals surface area contributed by atoms with Crippen LogP contribution in [0.4, 0.5) is 0 Å². The Morgan fingerprint density at radius 1 is 0.867 bits per heavy atom. The molecule has 5 heteroatoms. The normalized spacial score (nSPS) is 12.3. The van der Waals surface area contributed by atoms with E-state index in [4.69, 9.17) is 10.3 Å². The van der Waals surface area contributed by atoms with Crippen molar-refractivity contribution in [3.63, 3.8) is 0 Å². The van der Waals surface area contributed by atoms with Crippen LogP contribution < -0.4 is 5.73 Å². The molecule has 3 N–H and O–H groups in total. The van der Waals surface area contributed by atoms with E-state index in [1.54, 1.807) is 0 Å². The van der Waals surface area contributed by atoms with Gasteiger partial charge in [-0.3, -0.25) is 0 Å². The number of nitrogens with one attached hydrogen (secondary N) is 1. The molecule has 3 aromatic carbocycles. The first-order valence-electron chi connectivity index (χ1n) is 10.0. The zero-order valence-corrected chi connectivity index (χ0v) is 16.5. The summed E-state index contributed by atoms with van der Waals surface area (Å²) in [6.45, 7) is 0. The van der Waals surface area contributed by atoms with Gasteiger partial charge in [0.05, 0.1) is 6.04 Å². The van der Waals surface area contributed by atoms with E-state index in [0.717, 1.165) is 16.6 Å². The molecule has 0 radical (unpaired) electrons. The second kappa shape index (κ2) is 7.97. The van der Waals surface area contributed by atoms with Crippen molar-refractivity contribution in [2.45, 2.75) is 18.9 Å². The molecule has 0 saturated carbocycles. The zero-order valence-electron chi connectivity index (χ0n) is 16.5. The third-order valence-corrected chi connectivity index (χ3v) is 5.34. The topological polar surface area (TPSA) is 80.7 Å². The molecule has 5 nitrogen and oxygen atoms in total. The summed E-state index contributed by atoms with van der Waals surface area (Å²) in [5.74, 6) is 1.11. The number of nitrogens with two attached hydrogens (primary N) is 1. The highest BCUT2D eigenvalue weighted by molar-refractivity contribution is 5.83. The van der Waals surface area contributed by atoms with Gasteiger partial charge in [0.2, 0.25) is 5.89 Å². The number of hydrogen-bond acceptors (Lipinski definition) is 4. The SMILES string of the molecule is N[C@@H](Cc1c[nH]c2ccccc12)c1nc(Cc2ccc(-c3ccccc3)cc2)no1. The number of para-hydroxylation sites is 1. The number of fused-ring (bicyclic) bond motifs is 1. The van der Waals surface area contributed by atoms with Crippen molar-refractivity contribution in [1.29, 1.82) is 0 Å². The van der Waals surface area contributed by atoms with E-state index in [9.17, 15) is 0 Å². The molecular weight excluding hydrogens is 372 g/mol. The Bertz CT molecular complexity index is 1260. The van der Waals surface area contributed by atoms with Crippen molar-refractivity contribution < 1.29 is 4.52 Å². The Labute approximate surface area is 174 Å². The Hall–Kier alpha value is -3.70. The molecule has 5 rings (SSSR count). The predicted molar refractivity (Wildman–Crippen MR) is 118 cm³/mol. The van der Waals surface area contributed by atoms with Crippen molar-refractivity contribution in [1.82, 2.24) is 15.1 Å².